The van der Waals surface area contributed by atoms with Crippen LogP contribution in [0.15, 0.2) is 285 Å². The Hall–Kier alpha value is -9.96. The van der Waals surface area contributed by atoms with Crippen molar-refractivity contribution in [2.24, 2.45) is 0 Å². The summed E-state index contributed by atoms with van der Waals surface area (Å²) in [5.74, 6) is 0. The molecule has 0 N–H and O–H groups in total. The number of aromatic nitrogens is 2. The molecule has 354 valence electrons. The summed E-state index contributed by atoms with van der Waals surface area (Å²) >= 11 is 0. The van der Waals surface area contributed by atoms with Crippen LogP contribution in [0.4, 0.5) is 17.1 Å². The molecule has 3 heteroatoms. The van der Waals surface area contributed by atoms with Crippen molar-refractivity contribution in [1.82, 2.24) is 9.13 Å². The normalized spacial score (nSPS) is 14.1. The highest BCUT2D eigenvalue weighted by Crippen LogP contribution is 2.62. The molecule has 76 heavy (non-hydrogen) atoms. The first-order chi connectivity index (χ1) is 37.7. The summed E-state index contributed by atoms with van der Waals surface area (Å²) in [7, 11) is 0. The van der Waals surface area contributed by atoms with Gasteiger partial charge in [-0.25, -0.2) is 0 Å². The zero-order chi connectivity index (χ0) is 49.9. The van der Waals surface area contributed by atoms with Gasteiger partial charge in [0, 0.05) is 44.2 Å². The first-order valence-electron chi connectivity index (χ1n) is 26.3. The van der Waals surface area contributed by atoms with Crippen molar-refractivity contribution in [3.8, 4) is 55.9 Å². The molecule has 16 rings (SSSR count). The Balaban J connectivity index is 0.880. The van der Waals surface area contributed by atoms with Gasteiger partial charge in [0.05, 0.1) is 38.9 Å². The minimum Gasteiger partial charge on any atom is -0.310 e. The van der Waals surface area contributed by atoms with E-state index in [1.54, 1.807) is 0 Å². The predicted molar refractivity (Wildman–Crippen MR) is 317 cm³/mol. The molecule has 0 radical (unpaired) electrons. The van der Waals surface area contributed by atoms with Crippen molar-refractivity contribution >= 4 is 60.7 Å². The molecular weight excluding hydrogens is 919 g/mol. The third-order valence-corrected chi connectivity index (χ3v) is 16.5. The van der Waals surface area contributed by atoms with Gasteiger partial charge in [-0.05, 0) is 128 Å². The lowest BCUT2D eigenvalue weighted by Crippen LogP contribution is -2.33. The Morgan fingerprint density at radius 3 is 1.54 bits per heavy atom. The number of benzene rings is 12. The molecule has 0 bridgehead atoms. The Bertz CT molecular complexity index is 4580. The largest absolute Gasteiger partial charge is 0.310 e. The van der Waals surface area contributed by atoms with Crippen molar-refractivity contribution in [1.29, 1.82) is 0 Å². The smallest absolute Gasteiger partial charge is 0.0754 e. The predicted octanol–water partition coefficient (Wildman–Crippen LogP) is 19.0. The third kappa shape index (κ3) is 6.05. The number of fused-ring (bicyclic) bond motifs is 15. The van der Waals surface area contributed by atoms with Crippen LogP contribution in [0.3, 0.4) is 0 Å². The van der Waals surface area contributed by atoms with Crippen LogP contribution in [-0.2, 0) is 5.41 Å². The molecule has 3 heterocycles. The number of nitrogens with zero attached hydrogens (tertiary/aromatic N) is 3. The van der Waals surface area contributed by atoms with E-state index in [4.69, 9.17) is 0 Å². The van der Waals surface area contributed by atoms with E-state index in [9.17, 15) is 0 Å². The number of anilines is 3. The Morgan fingerprint density at radius 1 is 0.276 bits per heavy atom. The van der Waals surface area contributed by atoms with Gasteiger partial charge < -0.3 is 14.0 Å². The van der Waals surface area contributed by atoms with Crippen molar-refractivity contribution in [2.45, 2.75) is 5.41 Å². The van der Waals surface area contributed by atoms with Crippen LogP contribution in [-0.4, -0.2) is 9.13 Å². The average molecular weight is 966 g/mol. The van der Waals surface area contributed by atoms with Crippen molar-refractivity contribution in [2.75, 3.05) is 4.90 Å². The highest BCUT2D eigenvalue weighted by molar-refractivity contribution is 6.13. The topological polar surface area (TPSA) is 13.1 Å². The third-order valence-electron chi connectivity index (χ3n) is 16.5. The van der Waals surface area contributed by atoms with Crippen LogP contribution in [0.5, 0.6) is 0 Å². The maximum Gasteiger partial charge on any atom is 0.0754 e. The van der Waals surface area contributed by atoms with E-state index in [-0.39, 0.29) is 0 Å². The molecule has 0 saturated heterocycles. The number of hydrogen-bond acceptors (Lipinski definition) is 1. The van der Waals surface area contributed by atoms with E-state index in [0.29, 0.717) is 0 Å². The average Bonchev–Trinajstić information content (AvgIpc) is 4.32. The molecule has 12 aromatic carbocycles. The van der Waals surface area contributed by atoms with Crippen LogP contribution >= 0.6 is 0 Å². The lowest BCUT2D eigenvalue weighted by atomic mass is 9.65. The zero-order valence-electron chi connectivity index (χ0n) is 41.5. The van der Waals surface area contributed by atoms with E-state index in [1.165, 1.54) is 93.8 Å². The molecule has 14 aromatic rings. The summed E-state index contributed by atoms with van der Waals surface area (Å²) in [6.45, 7) is 0. The molecule has 1 aliphatic heterocycles. The number of hydrogen-bond donors (Lipinski definition) is 0. The second-order valence-electron chi connectivity index (χ2n) is 20.4. The fourth-order valence-corrected chi connectivity index (χ4v) is 13.3. The SMILES string of the molecule is c1ccc(-c2ccc(-c3ccccc3N(c3ccc(-c4cccc(-n5c6ccccc6c6ccccc65)c4)cc3)c3ccc4c(c3)-c3ccccc3C43c4ccccc4-n4c5ccccc5c5cccc3c54)cc2)cc1. The van der Waals surface area contributed by atoms with Gasteiger partial charge >= 0.3 is 0 Å². The van der Waals surface area contributed by atoms with Gasteiger partial charge in [0.2, 0.25) is 0 Å². The first-order valence-corrected chi connectivity index (χ1v) is 26.3. The monoisotopic (exact) mass is 965 g/mol. The van der Waals surface area contributed by atoms with Gasteiger partial charge in [-0.15, -0.1) is 0 Å². The van der Waals surface area contributed by atoms with Crippen LogP contribution < -0.4 is 4.90 Å². The van der Waals surface area contributed by atoms with Gasteiger partial charge in [-0.3, -0.25) is 0 Å². The molecule has 2 aromatic heterocycles. The molecule has 1 spiro atoms. The van der Waals surface area contributed by atoms with Crippen LogP contribution in [0.25, 0.3) is 99.5 Å². The fraction of sp³-hybridized carbons (Fsp3) is 0.0137. The molecule has 0 saturated carbocycles. The summed E-state index contributed by atoms with van der Waals surface area (Å²) in [4.78, 5) is 2.47. The highest BCUT2D eigenvalue weighted by atomic mass is 15.1. The second-order valence-corrected chi connectivity index (χ2v) is 20.4. The molecule has 1 unspecified atom stereocenters. The van der Waals surface area contributed by atoms with Gasteiger partial charge in [-0.2, -0.15) is 0 Å². The van der Waals surface area contributed by atoms with E-state index in [2.05, 4.69) is 299 Å². The molecule has 1 aliphatic carbocycles. The Kier molecular flexibility index (Phi) is 9.25. The summed E-state index contributed by atoms with van der Waals surface area (Å²) in [6.07, 6.45) is 0. The summed E-state index contributed by atoms with van der Waals surface area (Å²) in [5, 5.41) is 5.08. The molecule has 2 aliphatic rings. The molecule has 3 nitrogen and oxygen atoms in total. The Labute approximate surface area is 441 Å². The lowest BCUT2D eigenvalue weighted by molar-refractivity contribution is 0.748. The van der Waals surface area contributed by atoms with Crippen molar-refractivity contribution in [3.05, 3.63) is 307 Å². The van der Waals surface area contributed by atoms with Gasteiger partial charge in [0.15, 0.2) is 0 Å². The zero-order valence-corrected chi connectivity index (χ0v) is 41.5. The van der Waals surface area contributed by atoms with Gasteiger partial charge in [0.25, 0.3) is 0 Å². The van der Waals surface area contributed by atoms with Gasteiger partial charge in [-0.1, -0.05) is 218 Å². The minimum absolute atomic E-state index is 0.538. The quantitative estimate of drug-likeness (QED) is 0.155. The lowest BCUT2D eigenvalue weighted by Gasteiger charge is -2.39. The summed E-state index contributed by atoms with van der Waals surface area (Å²) in [6, 6.07) is 106. The van der Waals surface area contributed by atoms with E-state index >= 15 is 0 Å². The second kappa shape index (κ2) is 16.5. The van der Waals surface area contributed by atoms with Crippen LogP contribution in [0, 0.1) is 0 Å². The van der Waals surface area contributed by atoms with Crippen molar-refractivity contribution < 1.29 is 0 Å². The molecule has 0 fully saturated rings. The highest BCUT2D eigenvalue weighted by Gasteiger charge is 2.51. The number of rotatable bonds is 7. The van der Waals surface area contributed by atoms with E-state index < -0.39 is 5.41 Å². The Morgan fingerprint density at radius 2 is 0.776 bits per heavy atom. The van der Waals surface area contributed by atoms with E-state index in [0.717, 1.165) is 45.0 Å². The van der Waals surface area contributed by atoms with Gasteiger partial charge in [0.1, 0.15) is 0 Å². The maximum absolute atomic E-state index is 2.52. The van der Waals surface area contributed by atoms with Crippen LogP contribution in [0.1, 0.15) is 22.3 Å². The minimum atomic E-state index is -0.538. The first kappa shape index (κ1) is 42.5. The molecule has 1 atom stereocenters. The standard InChI is InChI=1S/C73H47N3/c1-2-18-48(19-3-1)49-36-38-51(39-37-49)56-22-5-11-31-67(56)74(53-42-40-50(41-43-53)52-20-16-21-54(46-52)75-68-32-12-6-24-58(68)59-25-7-13-33-69(59)75)55-44-45-64-62(47-55)57-23-4-9-28-63(57)73(64)65-29-10-15-35-71(65)76-70-34-14-8-26-60(70)61-27-17-30-66(73)72(61)76/h1-47H. The van der Waals surface area contributed by atoms with Crippen LogP contribution in [0.2, 0.25) is 0 Å². The van der Waals surface area contributed by atoms with Crippen molar-refractivity contribution in [3.63, 3.8) is 0 Å². The fourth-order valence-electron chi connectivity index (χ4n) is 13.3. The molecular formula is C73H47N3. The number of para-hydroxylation sites is 6. The maximum atomic E-state index is 2.52. The van der Waals surface area contributed by atoms with E-state index in [1.807, 2.05) is 0 Å². The summed E-state index contributed by atoms with van der Waals surface area (Å²) < 4.78 is 4.92. The summed E-state index contributed by atoms with van der Waals surface area (Å²) in [5.41, 5.74) is 24.8. The molecule has 0 amide bonds.